The number of hydrogen-bond donors (Lipinski definition) is 0. The van der Waals surface area contributed by atoms with Gasteiger partial charge in [-0.05, 0) is 54.2 Å². The molecule has 0 unspecified atom stereocenters. The molecule has 0 aliphatic carbocycles. The van der Waals surface area contributed by atoms with E-state index in [1.807, 2.05) is 30.3 Å². The number of thiazole rings is 1. The van der Waals surface area contributed by atoms with Gasteiger partial charge in [0.05, 0.1) is 16.8 Å². The summed E-state index contributed by atoms with van der Waals surface area (Å²) in [6, 6.07) is 15.9. The molecular formula is C24H13F6N5S2. The Bertz CT molecular complexity index is 1500. The third-order valence-electron chi connectivity index (χ3n) is 5.09. The third kappa shape index (κ3) is 5.37. The van der Waals surface area contributed by atoms with Gasteiger partial charge >= 0.3 is 12.4 Å². The summed E-state index contributed by atoms with van der Waals surface area (Å²) in [5.74, 6) is 0.457. The maximum atomic E-state index is 13.3. The molecule has 188 valence electrons. The average molecular weight is 550 g/mol. The van der Waals surface area contributed by atoms with E-state index in [9.17, 15) is 26.3 Å². The van der Waals surface area contributed by atoms with Crippen molar-refractivity contribution >= 4 is 23.1 Å². The van der Waals surface area contributed by atoms with Crippen LogP contribution in [0, 0.1) is 0 Å². The summed E-state index contributed by atoms with van der Waals surface area (Å²) in [6.45, 7) is 0. The summed E-state index contributed by atoms with van der Waals surface area (Å²) in [5.41, 5.74) is -1.80. The maximum absolute atomic E-state index is 13.3. The fraction of sp³-hybridized carbons (Fsp3) is 0.0833. The lowest BCUT2D eigenvalue weighted by Gasteiger charge is -2.13. The summed E-state index contributed by atoms with van der Waals surface area (Å²) in [7, 11) is 0. The molecule has 0 radical (unpaired) electrons. The van der Waals surface area contributed by atoms with Crippen LogP contribution in [-0.2, 0) is 12.4 Å². The Morgan fingerprint density at radius 2 is 1.43 bits per heavy atom. The van der Waals surface area contributed by atoms with Crippen LogP contribution in [0.5, 0.6) is 0 Å². The highest BCUT2D eigenvalue weighted by Crippen LogP contribution is 2.40. The second-order valence-corrected chi connectivity index (χ2v) is 9.66. The first-order chi connectivity index (χ1) is 17.6. The third-order valence-corrected chi connectivity index (χ3v) is 6.97. The summed E-state index contributed by atoms with van der Waals surface area (Å²) in [6.07, 6.45) is -8.28. The minimum absolute atomic E-state index is 0.0141. The molecule has 37 heavy (non-hydrogen) atoms. The van der Waals surface area contributed by atoms with Crippen LogP contribution < -0.4 is 0 Å². The van der Waals surface area contributed by atoms with Gasteiger partial charge in [-0.2, -0.15) is 26.3 Å². The van der Waals surface area contributed by atoms with Gasteiger partial charge in [0.15, 0.2) is 10.2 Å². The molecule has 0 aliphatic heterocycles. The number of alkyl halides is 6. The molecule has 0 amide bonds. The number of benzene rings is 2. The van der Waals surface area contributed by atoms with E-state index < -0.39 is 23.5 Å². The largest absolute Gasteiger partial charge is 0.416 e. The van der Waals surface area contributed by atoms with Crippen molar-refractivity contribution in [2.45, 2.75) is 21.8 Å². The molecule has 0 fully saturated rings. The second kappa shape index (κ2) is 9.63. The topological polar surface area (TPSA) is 56.5 Å². The minimum atomic E-state index is -4.95. The number of aromatic nitrogens is 5. The molecule has 3 aromatic heterocycles. The lowest BCUT2D eigenvalue weighted by Crippen LogP contribution is -2.11. The smallest absolute Gasteiger partial charge is 0.268 e. The molecule has 0 saturated heterocycles. The number of rotatable bonds is 5. The molecule has 3 heterocycles. The molecule has 5 nitrogen and oxygen atoms in total. The van der Waals surface area contributed by atoms with E-state index in [0.29, 0.717) is 33.1 Å². The summed E-state index contributed by atoms with van der Waals surface area (Å²) in [5, 5.41) is 10.3. The number of pyridine rings is 1. The first kappa shape index (κ1) is 25.0. The minimum Gasteiger partial charge on any atom is -0.268 e. The molecule has 5 aromatic rings. The van der Waals surface area contributed by atoms with Crippen molar-refractivity contribution in [3.05, 3.63) is 89.4 Å². The van der Waals surface area contributed by atoms with Gasteiger partial charge in [-0.1, -0.05) is 24.3 Å². The molecule has 0 atom stereocenters. The van der Waals surface area contributed by atoms with Gasteiger partial charge in [0.2, 0.25) is 5.16 Å². The van der Waals surface area contributed by atoms with Crippen molar-refractivity contribution in [1.82, 2.24) is 24.7 Å². The van der Waals surface area contributed by atoms with E-state index in [4.69, 9.17) is 0 Å². The number of para-hydroxylation sites is 1. The van der Waals surface area contributed by atoms with E-state index >= 15 is 0 Å². The van der Waals surface area contributed by atoms with Crippen molar-refractivity contribution in [3.8, 4) is 28.5 Å². The van der Waals surface area contributed by atoms with Crippen molar-refractivity contribution in [1.29, 1.82) is 0 Å². The van der Waals surface area contributed by atoms with Crippen LogP contribution in [-0.4, -0.2) is 24.7 Å². The van der Waals surface area contributed by atoms with Crippen LogP contribution in [0.3, 0.4) is 0 Å². The van der Waals surface area contributed by atoms with Crippen LogP contribution in [0.15, 0.2) is 87.8 Å². The summed E-state index contributed by atoms with van der Waals surface area (Å²) >= 11 is 2.15. The van der Waals surface area contributed by atoms with Gasteiger partial charge < -0.3 is 0 Å². The Morgan fingerprint density at radius 1 is 0.757 bits per heavy atom. The predicted octanol–water partition coefficient (Wildman–Crippen LogP) is 7.64. The summed E-state index contributed by atoms with van der Waals surface area (Å²) < 4.78 is 81.8. The normalized spacial score (nSPS) is 12.2. The fourth-order valence-electron chi connectivity index (χ4n) is 3.42. The van der Waals surface area contributed by atoms with Crippen LogP contribution in [0.1, 0.15) is 11.1 Å². The first-order valence-corrected chi connectivity index (χ1v) is 12.1. The Balaban J connectivity index is 1.53. The number of halogens is 6. The van der Waals surface area contributed by atoms with Crippen molar-refractivity contribution < 1.29 is 26.3 Å². The average Bonchev–Trinajstić information content (AvgIpc) is 3.51. The van der Waals surface area contributed by atoms with Gasteiger partial charge in [-0.25, -0.2) is 4.98 Å². The molecule has 5 rings (SSSR count). The van der Waals surface area contributed by atoms with Gasteiger partial charge in [0, 0.05) is 22.8 Å². The molecule has 0 N–H and O–H groups in total. The monoisotopic (exact) mass is 549 g/mol. The predicted molar refractivity (Wildman–Crippen MR) is 126 cm³/mol. The zero-order valence-electron chi connectivity index (χ0n) is 18.3. The van der Waals surface area contributed by atoms with Crippen LogP contribution in [0.25, 0.3) is 28.5 Å². The molecule has 0 bridgehead atoms. The highest BCUT2D eigenvalue weighted by molar-refractivity contribution is 8.00. The van der Waals surface area contributed by atoms with Crippen LogP contribution in [0.4, 0.5) is 26.3 Å². The standard InChI is InChI=1S/C24H13F6N5S2/c25-23(26,27)15-10-14(11-16(12-15)24(28,29)30)19-13-36-22(32-19)37-21-34-33-20(18-8-4-5-9-31-18)35(21)17-6-2-1-3-7-17/h1-13H. The number of nitrogens with zero attached hydrogens (tertiary/aromatic N) is 5. The second-order valence-electron chi connectivity index (χ2n) is 7.59. The van der Waals surface area contributed by atoms with E-state index in [-0.39, 0.29) is 17.3 Å². The Labute approximate surface area is 213 Å². The highest BCUT2D eigenvalue weighted by Gasteiger charge is 2.37. The molecule has 13 heteroatoms. The molecule has 0 spiro atoms. The first-order valence-electron chi connectivity index (χ1n) is 10.4. The van der Waals surface area contributed by atoms with E-state index in [0.717, 1.165) is 28.8 Å². The molecule has 0 saturated carbocycles. The van der Waals surface area contributed by atoms with Crippen molar-refractivity contribution in [2.24, 2.45) is 0 Å². The van der Waals surface area contributed by atoms with Gasteiger partial charge in [0.1, 0.15) is 5.69 Å². The van der Waals surface area contributed by atoms with E-state index in [1.165, 1.54) is 5.38 Å². The fourth-order valence-corrected chi connectivity index (χ4v) is 5.20. The SMILES string of the molecule is FC(F)(F)c1cc(-c2csc(Sc3nnc(-c4ccccn4)n3-c3ccccc3)n2)cc(C(F)(F)F)c1. The molecular weight excluding hydrogens is 536 g/mol. The Morgan fingerprint density at radius 3 is 2.05 bits per heavy atom. The van der Waals surface area contributed by atoms with Crippen LogP contribution in [0.2, 0.25) is 0 Å². The van der Waals surface area contributed by atoms with Crippen molar-refractivity contribution in [3.63, 3.8) is 0 Å². The van der Waals surface area contributed by atoms with E-state index in [2.05, 4.69) is 20.2 Å². The quantitative estimate of drug-likeness (QED) is 0.211. The molecule has 0 aliphatic rings. The van der Waals surface area contributed by atoms with E-state index in [1.54, 1.807) is 29.0 Å². The van der Waals surface area contributed by atoms with Gasteiger partial charge in [-0.3, -0.25) is 9.55 Å². The Hall–Kier alpha value is -3.71. The highest BCUT2D eigenvalue weighted by atomic mass is 32.2. The lowest BCUT2D eigenvalue weighted by molar-refractivity contribution is -0.143. The van der Waals surface area contributed by atoms with Gasteiger partial charge in [-0.15, -0.1) is 21.5 Å². The van der Waals surface area contributed by atoms with Gasteiger partial charge in [0.25, 0.3) is 0 Å². The summed E-state index contributed by atoms with van der Waals surface area (Å²) in [4.78, 5) is 8.61. The Kier molecular flexibility index (Phi) is 6.50. The maximum Gasteiger partial charge on any atom is 0.416 e. The van der Waals surface area contributed by atoms with Crippen molar-refractivity contribution in [2.75, 3.05) is 0 Å². The zero-order valence-corrected chi connectivity index (χ0v) is 20.0. The van der Waals surface area contributed by atoms with Crippen LogP contribution >= 0.6 is 23.1 Å². The lowest BCUT2D eigenvalue weighted by atomic mass is 10.0. The molecule has 2 aromatic carbocycles. The number of hydrogen-bond acceptors (Lipinski definition) is 6. The zero-order chi connectivity index (χ0) is 26.2.